The van der Waals surface area contributed by atoms with E-state index in [1.807, 2.05) is 18.2 Å². The van der Waals surface area contributed by atoms with Gasteiger partial charge in [-0.3, -0.25) is 0 Å². The minimum atomic E-state index is 0.464. The number of ether oxygens (including phenoxy) is 1. The molecule has 124 valence electrons. The van der Waals surface area contributed by atoms with E-state index in [4.69, 9.17) is 10.00 Å². The summed E-state index contributed by atoms with van der Waals surface area (Å²) in [7, 11) is 1.73. The lowest BCUT2D eigenvalue weighted by atomic mass is 10.0. The Morgan fingerprint density at radius 3 is 2.00 bits per heavy atom. The number of aryl methyl sites for hydroxylation is 1. The Morgan fingerprint density at radius 2 is 1.44 bits per heavy atom. The molecule has 0 saturated heterocycles. The average Bonchev–Trinajstić information content (AvgIpc) is 2.69. The lowest BCUT2D eigenvalue weighted by molar-refractivity contribution is 0.195. The number of rotatable bonds is 6. The largest absolute Gasteiger partial charge is 0.385 e. The Labute approximate surface area is 147 Å². The Balaban J connectivity index is 1.72. The van der Waals surface area contributed by atoms with Crippen molar-refractivity contribution in [2.75, 3.05) is 13.7 Å². The fraction of sp³-hybridized carbons (Fsp3) is 0.190. The molecular weight excluding hydrogens is 310 g/mol. The van der Waals surface area contributed by atoms with Crippen LogP contribution in [0, 0.1) is 11.3 Å². The normalized spacial score (nSPS) is 10.4. The van der Waals surface area contributed by atoms with E-state index in [2.05, 4.69) is 46.4 Å². The van der Waals surface area contributed by atoms with E-state index in [1.54, 1.807) is 19.5 Å². The maximum Gasteiger partial charge on any atom is 0.159 e. The summed E-state index contributed by atoms with van der Waals surface area (Å²) in [5.74, 6) is 0.624. The van der Waals surface area contributed by atoms with Crippen molar-refractivity contribution in [1.29, 1.82) is 5.26 Å². The van der Waals surface area contributed by atoms with Gasteiger partial charge in [-0.1, -0.05) is 48.5 Å². The van der Waals surface area contributed by atoms with E-state index < -0.39 is 0 Å². The van der Waals surface area contributed by atoms with E-state index in [0.717, 1.165) is 30.6 Å². The van der Waals surface area contributed by atoms with Crippen LogP contribution in [0.5, 0.6) is 0 Å². The topological polar surface area (TPSA) is 58.8 Å². The maximum absolute atomic E-state index is 8.81. The zero-order valence-electron chi connectivity index (χ0n) is 14.1. The third kappa shape index (κ3) is 4.28. The molecule has 0 aliphatic rings. The Morgan fingerprint density at radius 1 is 0.880 bits per heavy atom. The van der Waals surface area contributed by atoms with Crippen molar-refractivity contribution in [3.63, 3.8) is 0 Å². The Bertz CT molecular complexity index is 848. The molecule has 0 fully saturated rings. The summed E-state index contributed by atoms with van der Waals surface area (Å²) in [4.78, 5) is 8.45. The molecule has 25 heavy (non-hydrogen) atoms. The SMILES string of the molecule is COCCCc1ccc(-c2ccc(-c3ncc(C#N)cn3)cc2)cc1. The minimum Gasteiger partial charge on any atom is -0.385 e. The molecule has 0 radical (unpaired) electrons. The zero-order chi connectivity index (χ0) is 17.5. The van der Waals surface area contributed by atoms with Gasteiger partial charge in [-0.05, 0) is 29.5 Å². The monoisotopic (exact) mass is 329 g/mol. The predicted molar refractivity (Wildman–Crippen MR) is 97.8 cm³/mol. The second-order valence-corrected chi connectivity index (χ2v) is 5.78. The molecule has 0 bridgehead atoms. The highest BCUT2D eigenvalue weighted by molar-refractivity contribution is 5.67. The summed E-state index contributed by atoms with van der Waals surface area (Å²) in [6.45, 7) is 0.792. The number of benzene rings is 2. The highest BCUT2D eigenvalue weighted by atomic mass is 16.5. The van der Waals surface area contributed by atoms with Gasteiger partial charge in [0.2, 0.25) is 0 Å². The van der Waals surface area contributed by atoms with E-state index in [1.165, 1.54) is 11.1 Å². The van der Waals surface area contributed by atoms with Gasteiger partial charge in [0.05, 0.1) is 5.56 Å². The van der Waals surface area contributed by atoms with Crippen LogP contribution < -0.4 is 0 Å². The maximum atomic E-state index is 8.81. The highest BCUT2D eigenvalue weighted by Crippen LogP contribution is 2.23. The van der Waals surface area contributed by atoms with Gasteiger partial charge in [0.1, 0.15) is 6.07 Å². The average molecular weight is 329 g/mol. The van der Waals surface area contributed by atoms with Crippen LogP contribution in [0.1, 0.15) is 17.5 Å². The molecule has 4 nitrogen and oxygen atoms in total. The number of hydrogen-bond acceptors (Lipinski definition) is 4. The Hall–Kier alpha value is -3.03. The van der Waals surface area contributed by atoms with Crippen LogP contribution in [0.4, 0.5) is 0 Å². The smallest absolute Gasteiger partial charge is 0.159 e. The molecule has 1 heterocycles. The first-order chi connectivity index (χ1) is 12.3. The lowest BCUT2D eigenvalue weighted by Gasteiger charge is -2.06. The summed E-state index contributed by atoms with van der Waals surface area (Å²) in [6, 6.07) is 18.8. The van der Waals surface area contributed by atoms with Crippen molar-refractivity contribution < 1.29 is 4.74 Å². The van der Waals surface area contributed by atoms with Crippen LogP contribution in [0.25, 0.3) is 22.5 Å². The molecule has 0 aliphatic heterocycles. The van der Waals surface area contributed by atoms with Crippen LogP contribution >= 0.6 is 0 Å². The van der Waals surface area contributed by atoms with Crippen LogP contribution in [0.3, 0.4) is 0 Å². The molecule has 0 aliphatic carbocycles. The second kappa shape index (κ2) is 8.18. The number of methoxy groups -OCH3 is 1. The molecular formula is C21H19N3O. The third-order valence-electron chi connectivity index (χ3n) is 4.03. The first-order valence-corrected chi connectivity index (χ1v) is 8.21. The summed E-state index contributed by atoms with van der Waals surface area (Å²) in [5, 5.41) is 8.81. The van der Waals surface area contributed by atoms with Crippen LogP contribution in [-0.4, -0.2) is 23.7 Å². The van der Waals surface area contributed by atoms with Gasteiger partial charge < -0.3 is 4.74 Å². The number of aromatic nitrogens is 2. The van der Waals surface area contributed by atoms with Gasteiger partial charge in [-0.2, -0.15) is 5.26 Å². The summed E-state index contributed by atoms with van der Waals surface area (Å²) >= 11 is 0. The molecule has 0 saturated carbocycles. The van der Waals surface area contributed by atoms with Gasteiger partial charge in [0, 0.05) is 31.7 Å². The van der Waals surface area contributed by atoms with Crippen LogP contribution in [0.2, 0.25) is 0 Å². The molecule has 0 amide bonds. The zero-order valence-corrected chi connectivity index (χ0v) is 14.1. The van der Waals surface area contributed by atoms with Gasteiger partial charge in [-0.15, -0.1) is 0 Å². The van der Waals surface area contributed by atoms with Crippen LogP contribution in [0.15, 0.2) is 60.9 Å². The van der Waals surface area contributed by atoms with Crippen LogP contribution in [-0.2, 0) is 11.2 Å². The molecule has 0 unspecified atom stereocenters. The standard InChI is InChI=1S/C21H19N3O/c1-25-12-2-3-16-4-6-18(7-5-16)19-8-10-20(11-9-19)21-23-14-17(13-22)15-24-21/h4-11,14-15H,2-3,12H2,1H3. The minimum absolute atomic E-state index is 0.464. The van der Waals surface area contributed by atoms with E-state index in [-0.39, 0.29) is 0 Å². The van der Waals surface area contributed by atoms with Crippen molar-refractivity contribution in [1.82, 2.24) is 9.97 Å². The molecule has 4 heteroatoms. The fourth-order valence-corrected chi connectivity index (χ4v) is 2.63. The second-order valence-electron chi connectivity index (χ2n) is 5.78. The molecule has 0 atom stereocenters. The van der Waals surface area contributed by atoms with Gasteiger partial charge in [-0.25, -0.2) is 9.97 Å². The van der Waals surface area contributed by atoms with Crippen molar-refractivity contribution in [2.24, 2.45) is 0 Å². The van der Waals surface area contributed by atoms with Crippen molar-refractivity contribution >= 4 is 0 Å². The van der Waals surface area contributed by atoms with Gasteiger partial charge in [0.25, 0.3) is 0 Å². The van der Waals surface area contributed by atoms with Crippen molar-refractivity contribution in [3.05, 3.63) is 72.1 Å². The molecule has 1 aromatic heterocycles. The first-order valence-electron chi connectivity index (χ1n) is 8.21. The fourth-order valence-electron chi connectivity index (χ4n) is 2.63. The first kappa shape index (κ1) is 16.8. The molecule has 3 aromatic rings. The summed E-state index contributed by atoms with van der Waals surface area (Å²) in [6.07, 6.45) is 5.15. The Kier molecular flexibility index (Phi) is 5.50. The molecule has 0 spiro atoms. The molecule has 0 N–H and O–H groups in total. The molecule has 3 rings (SSSR count). The summed E-state index contributed by atoms with van der Waals surface area (Å²) < 4.78 is 5.09. The van der Waals surface area contributed by atoms with Crippen molar-refractivity contribution in [2.45, 2.75) is 12.8 Å². The van der Waals surface area contributed by atoms with E-state index >= 15 is 0 Å². The van der Waals surface area contributed by atoms with Gasteiger partial charge in [0.15, 0.2) is 5.82 Å². The molecule has 2 aromatic carbocycles. The van der Waals surface area contributed by atoms with E-state index in [0.29, 0.717) is 11.4 Å². The third-order valence-corrected chi connectivity index (χ3v) is 4.03. The quantitative estimate of drug-likeness (QED) is 0.634. The highest BCUT2D eigenvalue weighted by Gasteiger charge is 2.03. The number of nitrogens with zero attached hydrogens (tertiary/aromatic N) is 3. The van der Waals surface area contributed by atoms with E-state index in [9.17, 15) is 0 Å². The van der Waals surface area contributed by atoms with Crippen molar-refractivity contribution in [3.8, 4) is 28.6 Å². The number of nitriles is 1. The summed E-state index contributed by atoms with van der Waals surface area (Å²) in [5.41, 5.74) is 5.06. The predicted octanol–water partition coefficient (Wildman–Crippen LogP) is 4.26. The lowest BCUT2D eigenvalue weighted by Crippen LogP contribution is -1.92. The number of hydrogen-bond donors (Lipinski definition) is 0. The van der Waals surface area contributed by atoms with Gasteiger partial charge >= 0.3 is 0 Å².